The average Bonchev–Trinajstić information content (AvgIpc) is 2.70. The van der Waals surface area contributed by atoms with E-state index in [1.807, 2.05) is 0 Å². The zero-order valence-corrected chi connectivity index (χ0v) is 11.4. The van der Waals surface area contributed by atoms with Gasteiger partial charge < -0.3 is 9.26 Å². The molecule has 102 valence electrons. The van der Waals surface area contributed by atoms with Crippen LogP contribution < -0.4 is 0 Å². The summed E-state index contributed by atoms with van der Waals surface area (Å²) in [5, 5.41) is 3.62. The van der Waals surface area contributed by atoms with E-state index in [0.717, 1.165) is 4.31 Å². The Balaban J connectivity index is 2.80. The molecule has 0 fully saturated rings. The van der Waals surface area contributed by atoms with Crippen LogP contribution in [0.4, 0.5) is 0 Å². The monoisotopic (exact) mass is 276 g/mol. The molecule has 0 aromatic carbocycles. The molecule has 0 aliphatic rings. The van der Waals surface area contributed by atoms with Crippen molar-refractivity contribution in [2.45, 2.75) is 19.6 Å². The second-order valence-electron chi connectivity index (χ2n) is 3.69. The van der Waals surface area contributed by atoms with Crippen LogP contribution in [-0.2, 0) is 25.3 Å². The minimum atomic E-state index is -3.61. The summed E-state index contributed by atoms with van der Waals surface area (Å²) in [5.41, 5.74) is 0.316. The molecule has 0 bridgehead atoms. The molecule has 1 aromatic rings. The van der Waals surface area contributed by atoms with Crippen LogP contribution in [0.15, 0.2) is 10.6 Å². The smallest absolute Gasteiger partial charge is 0.321 e. The maximum absolute atomic E-state index is 12.0. The molecule has 0 spiro atoms. The summed E-state index contributed by atoms with van der Waals surface area (Å²) in [5.74, 6) is -0.359. The zero-order valence-electron chi connectivity index (χ0n) is 10.5. The summed E-state index contributed by atoms with van der Waals surface area (Å²) in [7, 11) is -2.40. The number of likely N-dealkylation sites (N-methyl/N-ethyl adjacent to an activating group) is 1. The van der Waals surface area contributed by atoms with E-state index in [1.54, 1.807) is 19.9 Å². The Labute approximate surface area is 106 Å². The van der Waals surface area contributed by atoms with E-state index in [4.69, 9.17) is 4.52 Å². The summed E-state index contributed by atoms with van der Waals surface area (Å²) in [4.78, 5) is 11.1. The standard InChI is InChI=1S/C10H16N2O5S/c1-4-12(6-10(13)16-3)18(14,15)7-9-5-8(2)17-11-9/h5H,4,6-7H2,1-3H3. The van der Waals surface area contributed by atoms with Crippen LogP contribution in [0.25, 0.3) is 0 Å². The van der Waals surface area contributed by atoms with Gasteiger partial charge in [0.25, 0.3) is 0 Å². The first-order valence-corrected chi connectivity index (χ1v) is 6.96. The van der Waals surface area contributed by atoms with Gasteiger partial charge in [-0.25, -0.2) is 8.42 Å². The van der Waals surface area contributed by atoms with Gasteiger partial charge in [-0.1, -0.05) is 12.1 Å². The minimum Gasteiger partial charge on any atom is -0.468 e. The van der Waals surface area contributed by atoms with Crippen LogP contribution in [-0.4, -0.2) is 44.0 Å². The molecule has 0 aliphatic heterocycles. The molecule has 0 N–H and O–H groups in total. The Bertz CT molecular complexity index is 508. The van der Waals surface area contributed by atoms with Crippen molar-refractivity contribution in [3.8, 4) is 0 Å². The predicted molar refractivity (Wildman–Crippen MR) is 63.1 cm³/mol. The Kier molecular flexibility index (Phi) is 4.85. The third kappa shape index (κ3) is 3.81. The van der Waals surface area contributed by atoms with Gasteiger partial charge in [-0.15, -0.1) is 0 Å². The van der Waals surface area contributed by atoms with E-state index < -0.39 is 16.0 Å². The Morgan fingerprint density at radius 2 is 2.22 bits per heavy atom. The number of esters is 1. The number of rotatable bonds is 6. The normalized spacial score (nSPS) is 11.8. The predicted octanol–water partition coefficient (Wildman–Crippen LogP) is 0.308. The quantitative estimate of drug-likeness (QED) is 0.694. The fourth-order valence-corrected chi connectivity index (χ4v) is 2.77. The van der Waals surface area contributed by atoms with Gasteiger partial charge in [0.15, 0.2) is 0 Å². The highest BCUT2D eigenvalue weighted by Gasteiger charge is 2.25. The minimum absolute atomic E-state index is 0.189. The summed E-state index contributed by atoms with van der Waals surface area (Å²) >= 11 is 0. The van der Waals surface area contributed by atoms with Crippen LogP contribution in [0.2, 0.25) is 0 Å². The van der Waals surface area contributed by atoms with Crippen molar-refractivity contribution in [2.24, 2.45) is 0 Å². The highest BCUT2D eigenvalue weighted by Crippen LogP contribution is 2.11. The maximum Gasteiger partial charge on any atom is 0.321 e. The topological polar surface area (TPSA) is 89.7 Å². The fraction of sp³-hybridized carbons (Fsp3) is 0.600. The second-order valence-corrected chi connectivity index (χ2v) is 5.66. The molecule has 1 aromatic heterocycles. The van der Waals surface area contributed by atoms with Gasteiger partial charge >= 0.3 is 5.97 Å². The number of hydrogen-bond acceptors (Lipinski definition) is 6. The number of ether oxygens (including phenoxy) is 1. The molecule has 0 unspecified atom stereocenters. The molecule has 0 radical (unpaired) electrons. The van der Waals surface area contributed by atoms with Gasteiger partial charge in [-0.2, -0.15) is 4.31 Å². The third-order valence-electron chi connectivity index (χ3n) is 2.29. The van der Waals surface area contributed by atoms with E-state index in [1.165, 1.54) is 7.11 Å². The summed E-state index contributed by atoms with van der Waals surface area (Å²) in [6.07, 6.45) is 0. The number of nitrogens with zero attached hydrogens (tertiary/aromatic N) is 2. The molecule has 18 heavy (non-hydrogen) atoms. The lowest BCUT2D eigenvalue weighted by molar-refractivity contribution is -0.140. The third-order valence-corrected chi connectivity index (χ3v) is 4.12. The summed E-state index contributed by atoms with van der Waals surface area (Å²) < 4.78 is 34.4. The molecule has 7 nitrogen and oxygen atoms in total. The Hall–Kier alpha value is -1.41. The molecule has 8 heteroatoms. The highest BCUT2D eigenvalue weighted by molar-refractivity contribution is 7.88. The highest BCUT2D eigenvalue weighted by atomic mass is 32.2. The number of carbonyl (C=O) groups excluding carboxylic acids is 1. The number of aryl methyl sites for hydroxylation is 1. The van der Waals surface area contributed by atoms with Gasteiger partial charge in [-0.3, -0.25) is 4.79 Å². The van der Waals surface area contributed by atoms with E-state index in [-0.39, 0.29) is 18.8 Å². The van der Waals surface area contributed by atoms with Crippen molar-refractivity contribution in [1.82, 2.24) is 9.46 Å². The number of aromatic nitrogens is 1. The average molecular weight is 276 g/mol. The van der Waals surface area contributed by atoms with E-state index >= 15 is 0 Å². The van der Waals surface area contributed by atoms with E-state index in [0.29, 0.717) is 11.5 Å². The van der Waals surface area contributed by atoms with Crippen molar-refractivity contribution < 1.29 is 22.5 Å². The molecule has 0 atom stereocenters. The summed E-state index contributed by atoms with van der Waals surface area (Å²) in [6, 6.07) is 1.55. The number of hydrogen-bond donors (Lipinski definition) is 0. The van der Waals surface area contributed by atoms with Crippen LogP contribution >= 0.6 is 0 Å². The molecule has 1 rings (SSSR count). The number of methoxy groups -OCH3 is 1. The van der Waals surface area contributed by atoms with Crippen molar-refractivity contribution in [3.05, 3.63) is 17.5 Å². The van der Waals surface area contributed by atoms with Crippen molar-refractivity contribution in [3.63, 3.8) is 0 Å². The lowest BCUT2D eigenvalue weighted by atomic mass is 10.4. The number of sulfonamides is 1. The SMILES string of the molecule is CCN(CC(=O)OC)S(=O)(=O)Cc1cc(C)on1. The Morgan fingerprint density at radius 1 is 1.56 bits per heavy atom. The molecule has 0 saturated carbocycles. The number of carbonyl (C=O) groups is 1. The molecule has 0 saturated heterocycles. The van der Waals surface area contributed by atoms with Crippen LogP contribution in [0, 0.1) is 6.92 Å². The van der Waals surface area contributed by atoms with Gasteiger partial charge in [0.1, 0.15) is 23.8 Å². The molecular weight excluding hydrogens is 260 g/mol. The molecular formula is C10H16N2O5S. The van der Waals surface area contributed by atoms with Crippen molar-refractivity contribution in [1.29, 1.82) is 0 Å². The first-order chi connectivity index (χ1) is 8.39. The first kappa shape index (κ1) is 14.7. The van der Waals surface area contributed by atoms with Crippen LogP contribution in [0.3, 0.4) is 0 Å². The van der Waals surface area contributed by atoms with Gasteiger partial charge in [0.2, 0.25) is 10.0 Å². The fourth-order valence-electron chi connectivity index (χ4n) is 1.38. The zero-order chi connectivity index (χ0) is 13.8. The lowest BCUT2D eigenvalue weighted by Gasteiger charge is -2.18. The maximum atomic E-state index is 12.0. The first-order valence-electron chi connectivity index (χ1n) is 5.36. The lowest BCUT2D eigenvalue weighted by Crippen LogP contribution is -2.36. The molecule has 0 amide bonds. The van der Waals surface area contributed by atoms with Crippen LogP contribution in [0.5, 0.6) is 0 Å². The van der Waals surface area contributed by atoms with Crippen LogP contribution in [0.1, 0.15) is 18.4 Å². The van der Waals surface area contributed by atoms with Crippen molar-refractivity contribution >= 4 is 16.0 Å². The Morgan fingerprint density at radius 3 is 2.67 bits per heavy atom. The van der Waals surface area contributed by atoms with Gasteiger partial charge in [0.05, 0.1) is 7.11 Å². The largest absolute Gasteiger partial charge is 0.468 e. The molecule has 1 heterocycles. The van der Waals surface area contributed by atoms with Gasteiger partial charge in [-0.05, 0) is 6.92 Å². The van der Waals surface area contributed by atoms with E-state index in [2.05, 4.69) is 9.89 Å². The molecule has 0 aliphatic carbocycles. The summed E-state index contributed by atoms with van der Waals surface area (Å²) in [6.45, 7) is 3.21. The van der Waals surface area contributed by atoms with Gasteiger partial charge in [0, 0.05) is 12.6 Å². The van der Waals surface area contributed by atoms with Crippen molar-refractivity contribution in [2.75, 3.05) is 20.2 Å². The second kappa shape index (κ2) is 5.96. The van der Waals surface area contributed by atoms with E-state index in [9.17, 15) is 13.2 Å².